The molecule has 0 atom stereocenters. The number of hydrogen-bond acceptors (Lipinski definition) is 4. The number of aromatic carboxylic acids is 1. The van der Waals surface area contributed by atoms with Crippen LogP contribution in [0.1, 0.15) is 20.8 Å². The Morgan fingerprint density at radius 2 is 1.90 bits per heavy atom. The fourth-order valence-corrected chi connectivity index (χ4v) is 4.72. The number of rotatable bonds is 4. The van der Waals surface area contributed by atoms with Crippen molar-refractivity contribution in [2.24, 2.45) is 0 Å². The van der Waals surface area contributed by atoms with Gasteiger partial charge in [0, 0.05) is 4.47 Å². The fraction of sp³-hybridized carbons (Fsp3) is 0.154. The normalized spacial score (nSPS) is 11.4. The molecule has 0 bridgehead atoms. The molecule has 2 rings (SSSR count). The molecule has 0 aliphatic rings. The van der Waals surface area contributed by atoms with E-state index in [4.69, 9.17) is 5.11 Å². The Kier molecular flexibility index (Phi) is 4.40. The lowest BCUT2D eigenvalue weighted by Gasteiger charge is -2.09. The number of nitrogens with one attached hydrogen (secondary N) is 1. The van der Waals surface area contributed by atoms with Crippen LogP contribution in [0.15, 0.2) is 32.9 Å². The molecule has 0 saturated carbocycles. The smallest absolute Gasteiger partial charge is 0.346 e. The molecule has 1 aromatic carbocycles. The predicted molar refractivity (Wildman–Crippen MR) is 85.7 cm³/mol. The van der Waals surface area contributed by atoms with Crippen molar-refractivity contribution in [1.82, 2.24) is 0 Å². The second kappa shape index (κ2) is 5.78. The molecule has 0 aliphatic carbocycles. The van der Waals surface area contributed by atoms with E-state index in [1.807, 2.05) is 0 Å². The second-order valence-corrected chi connectivity index (χ2v) is 8.32. The molecule has 0 fully saturated rings. The summed E-state index contributed by atoms with van der Waals surface area (Å²) in [4.78, 5) is 11.0. The Balaban J connectivity index is 2.38. The van der Waals surface area contributed by atoms with Crippen LogP contribution in [0.4, 0.5) is 5.69 Å². The first-order valence-corrected chi connectivity index (χ1v) is 8.92. The highest BCUT2D eigenvalue weighted by Crippen LogP contribution is 2.29. The number of carboxylic acid groups (broad SMARTS) is 1. The van der Waals surface area contributed by atoms with E-state index in [1.54, 1.807) is 32.0 Å². The molecule has 0 spiro atoms. The van der Waals surface area contributed by atoms with Crippen LogP contribution < -0.4 is 4.72 Å². The number of carboxylic acids is 1. The maximum Gasteiger partial charge on any atom is 0.346 e. The summed E-state index contributed by atoms with van der Waals surface area (Å²) in [5.74, 6) is -1.13. The highest BCUT2D eigenvalue weighted by Gasteiger charge is 2.22. The van der Waals surface area contributed by atoms with E-state index in [0.717, 1.165) is 21.4 Å². The molecule has 5 nitrogen and oxygen atoms in total. The zero-order valence-electron chi connectivity index (χ0n) is 11.2. The minimum atomic E-state index is -3.79. The van der Waals surface area contributed by atoms with Crippen molar-refractivity contribution in [1.29, 1.82) is 0 Å². The summed E-state index contributed by atoms with van der Waals surface area (Å²) in [6.07, 6.45) is 0. The molecule has 0 saturated heterocycles. The average molecular weight is 390 g/mol. The van der Waals surface area contributed by atoms with Crippen LogP contribution in [0.2, 0.25) is 0 Å². The zero-order chi connectivity index (χ0) is 15.8. The molecule has 1 aromatic heterocycles. The number of halogens is 1. The maximum atomic E-state index is 12.3. The van der Waals surface area contributed by atoms with Gasteiger partial charge in [0.15, 0.2) is 0 Å². The largest absolute Gasteiger partial charge is 0.477 e. The lowest BCUT2D eigenvalue weighted by atomic mass is 10.2. The van der Waals surface area contributed by atoms with Crippen molar-refractivity contribution in [2.45, 2.75) is 18.1 Å². The van der Waals surface area contributed by atoms with Crippen molar-refractivity contribution in [3.8, 4) is 0 Å². The summed E-state index contributed by atoms with van der Waals surface area (Å²) in [5, 5.41) is 9.00. The summed E-state index contributed by atoms with van der Waals surface area (Å²) in [6.45, 7) is 3.36. The number of sulfonamides is 1. The second-order valence-electron chi connectivity index (χ2n) is 4.45. The highest BCUT2D eigenvalue weighted by atomic mass is 79.9. The Bertz CT molecular complexity index is 812. The van der Waals surface area contributed by atoms with Gasteiger partial charge in [-0.2, -0.15) is 0 Å². The summed E-state index contributed by atoms with van der Waals surface area (Å²) >= 11 is 4.05. The van der Waals surface area contributed by atoms with Crippen molar-refractivity contribution in [2.75, 3.05) is 4.72 Å². The summed E-state index contributed by atoms with van der Waals surface area (Å²) in [6, 6.07) is 6.54. The lowest BCUT2D eigenvalue weighted by molar-refractivity contribution is 0.0701. The van der Waals surface area contributed by atoms with E-state index in [0.29, 0.717) is 11.3 Å². The van der Waals surface area contributed by atoms with Gasteiger partial charge in [-0.1, -0.05) is 15.9 Å². The number of anilines is 1. The number of thiophene rings is 1. The minimum Gasteiger partial charge on any atom is -0.477 e. The topological polar surface area (TPSA) is 83.5 Å². The van der Waals surface area contributed by atoms with Gasteiger partial charge in [-0.05, 0) is 49.2 Å². The molecule has 21 heavy (non-hydrogen) atoms. The molecule has 2 aromatic rings. The van der Waals surface area contributed by atoms with Crippen LogP contribution in [0.5, 0.6) is 0 Å². The van der Waals surface area contributed by atoms with Crippen LogP contribution in [-0.2, 0) is 10.0 Å². The van der Waals surface area contributed by atoms with E-state index in [9.17, 15) is 13.2 Å². The Hall–Kier alpha value is -1.38. The van der Waals surface area contributed by atoms with Crippen LogP contribution in [0.3, 0.4) is 0 Å². The SMILES string of the molecule is Cc1cc(Br)ccc1NS(=O)(=O)c1cc(C)c(C(=O)O)s1. The number of carbonyl (C=O) groups is 1. The van der Waals surface area contributed by atoms with Gasteiger partial charge < -0.3 is 5.11 Å². The quantitative estimate of drug-likeness (QED) is 0.835. The maximum absolute atomic E-state index is 12.3. The van der Waals surface area contributed by atoms with Crippen LogP contribution in [0, 0.1) is 13.8 Å². The van der Waals surface area contributed by atoms with Crippen LogP contribution in [-0.4, -0.2) is 19.5 Å². The van der Waals surface area contributed by atoms with Gasteiger partial charge in [-0.25, -0.2) is 13.2 Å². The van der Waals surface area contributed by atoms with Gasteiger partial charge in [0.05, 0.1) is 5.69 Å². The Morgan fingerprint density at radius 1 is 1.24 bits per heavy atom. The molecule has 0 amide bonds. The first kappa shape index (κ1) is 16.0. The third-order valence-corrected chi connectivity index (χ3v) is 6.34. The van der Waals surface area contributed by atoms with Gasteiger partial charge in [0.2, 0.25) is 0 Å². The van der Waals surface area contributed by atoms with E-state index in [2.05, 4.69) is 20.7 Å². The van der Waals surface area contributed by atoms with Crippen molar-refractivity contribution in [3.63, 3.8) is 0 Å². The Labute approximate surface area is 134 Å². The van der Waals surface area contributed by atoms with Crippen molar-refractivity contribution in [3.05, 3.63) is 44.7 Å². The minimum absolute atomic E-state index is 0.0141. The standard InChI is InChI=1S/C13H12BrNO4S2/c1-7-5-9(14)3-4-10(7)15-21(18,19)11-6-8(2)12(20-11)13(16)17/h3-6,15H,1-2H3,(H,16,17). The van der Waals surface area contributed by atoms with Crippen molar-refractivity contribution >= 4 is 48.9 Å². The molecule has 0 aliphatic heterocycles. The molecular formula is C13H12BrNO4S2. The van der Waals surface area contributed by atoms with Gasteiger partial charge in [-0.3, -0.25) is 4.72 Å². The molecular weight excluding hydrogens is 378 g/mol. The van der Waals surface area contributed by atoms with Gasteiger partial charge in [0.1, 0.15) is 9.09 Å². The summed E-state index contributed by atoms with van der Waals surface area (Å²) in [5.41, 5.74) is 1.65. The number of aryl methyl sites for hydroxylation is 2. The van der Waals surface area contributed by atoms with E-state index >= 15 is 0 Å². The molecule has 112 valence electrons. The molecule has 0 unspecified atom stereocenters. The Morgan fingerprint density at radius 3 is 2.43 bits per heavy atom. The van der Waals surface area contributed by atoms with Crippen LogP contribution in [0.25, 0.3) is 0 Å². The van der Waals surface area contributed by atoms with E-state index < -0.39 is 16.0 Å². The lowest BCUT2D eigenvalue weighted by Crippen LogP contribution is -2.12. The fourth-order valence-electron chi connectivity index (χ4n) is 1.73. The van der Waals surface area contributed by atoms with Crippen LogP contribution >= 0.6 is 27.3 Å². The monoisotopic (exact) mass is 389 g/mol. The van der Waals surface area contributed by atoms with Gasteiger partial charge in [0.25, 0.3) is 10.0 Å². The number of benzene rings is 1. The third-order valence-electron chi connectivity index (χ3n) is 2.79. The number of hydrogen-bond donors (Lipinski definition) is 2. The summed E-state index contributed by atoms with van der Waals surface area (Å²) in [7, 11) is -3.79. The average Bonchev–Trinajstić information content (AvgIpc) is 2.76. The van der Waals surface area contributed by atoms with Gasteiger partial charge >= 0.3 is 5.97 Å². The summed E-state index contributed by atoms with van der Waals surface area (Å²) < 4.78 is 28.0. The molecule has 2 N–H and O–H groups in total. The van der Waals surface area contributed by atoms with E-state index in [-0.39, 0.29) is 9.09 Å². The van der Waals surface area contributed by atoms with E-state index in [1.165, 1.54) is 6.07 Å². The predicted octanol–water partition coefficient (Wildman–Crippen LogP) is 3.63. The zero-order valence-corrected chi connectivity index (χ0v) is 14.4. The first-order chi connectivity index (χ1) is 9.70. The molecule has 0 radical (unpaired) electrons. The molecule has 1 heterocycles. The first-order valence-electron chi connectivity index (χ1n) is 5.83. The van der Waals surface area contributed by atoms with Gasteiger partial charge in [-0.15, -0.1) is 11.3 Å². The third kappa shape index (κ3) is 3.45. The molecule has 8 heteroatoms. The van der Waals surface area contributed by atoms with Crippen molar-refractivity contribution < 1.29 is 18.3 Å². The highest BCUT2D eigenvalue weighted by molar-refractivity contribution is 9.10.